The Morgan fingerprint density at radius 3 is 2.53 bits per heavy atom. The number of nitrogens with zero attached hydrogens (tertiary/aromatic N) is 1. The van der Waals surface area contributed by atoms with Crippen molar-refractivity contribution in [2.75, 3.05) is 26.0 Å². The molecule has 1 saturated heterocycles. The van der Waals surface area contributed by atoms with Crippen molar-refractivity contribution in [3.05, 3.63) is 0 Å². The lowest BCUT2D eigenvalue weighted by molar-refractivity contribution is -0.00370. The molecule has 1 unspecified atom stereocenters. The third-order valence-corrected chi connectivity index (χ3v) is 5.51. The van der Waals surface area contributed by atoms with Gasteiger partial charge in [-0.3, -0.25) is 0 Å². The van der Waals surface area contributed by atoms with E-state index in [4.69, 9.17) is 10.5 Å². The second kappa shape index (κ2) is 6.52. The van der Waals surface area contributed by atoms with Crippen molar-refractivity contribution in [2.24, 2.45) is 11.7 Å². The predicted molar refractivity (Wildman–Crippen MR) is 75.3 cm³/mol. The third kappa shape index (κ3) is 4.70. The van der Waals surface area contributed by atoms with Crippen LogP contribution in [-0.4, -0.2) is 50.8 Å². The van der Waals surface area contributed by atoms with Crippen LogP contribution in [0, 0.1) is 5.92 Å². The molecule has 0 spiro atoms. The summed E-state index contributed by atoms with van der Waals surface area (Å²) in [5.41, 5.74) is 5.87. The molecule has 5 nitrogen and oxygen atoms in total. The highest BCUT2D eigenvalue weighted by molar-refractivity contribution is 7.88. The van der Waals surface area contributed by atoms with Gasteiger partial charge in [0.15, 0.2) is 0 Å². The summed E-state index contributed by atoms with van der Waals surface area (Å²) in [6.07, 6.45) is 7.81. The van der Waals surface area contributed by atoms with E-state index in [0.29, 0.717) is 37.8 Å². The Kier molecular flexibility index (Phi) is 5.22. The first-order valence-corrected chi connectivity index (χ1v) is 9.12. The average Bonchev–Trinajstić information content (AvgIpc) is 2.37. The van der Waals surface area contributed by atoms with Gasteiger partial charge in [0.2, 0.25) is 10.0 Å². The molecular formula is C13H26N2O3S. The van der Waals surface area contributed by atoms with Gasteiger partial charge in [0.05, 0.1) is 19.0 Å². The molecule has 0 aromatic rings. The first-order valence-electron chi connectivity index (χ1n) is 7.27. The van der Waals surface area contributed by atoms with Gasteiger partial charge < -0.3 is 10.5 Å². The van der Waals surface area contributed by atoms with Gasteiger partial charge in [-0.2, -0.15) is 0 Å². The Bertz CT molecular complexity index is 377. The van der Waals surface area contributed by atoms with Crippen molar-refractivity contribution >= 4 is 10.0 Å². The molecule has 2 N–H and O–H groups in total. The zero-order valence-electron chi connectivity index (χ0n) is 11.8. The van der Waals surface area contributed by atoms with Crippen LogP contribution in [0.4, 0.5) is 0 Å². The smallest absolute Gasteiger partial charge is 0.211 e. The van der Waals surface area contributed by atoms with Gasteiger partial charge in [-0.15, -0.1) is 0 Å². The summed E-state index contributed by atoms with van der Waals surface area (Å²) in [6.45, 7) is 1.96. The van der Waals surface area contributed by atoms with Crippen molar-refractivity contribution < 1.29 is 13.2 Å². The zero-order chi connectivity index (χ0) is 13.9. The summed E-state index contributed by atoms with van der Waals surface area (Å²) in [5.74, 6) is 0.346. The second-order valence-electron chi connectivity index (χ2n) is 6.00. The summed E-state index contributed by atoms with van der Waals surface area (Å²) in [6, 6.07) is 0.343. The first-order chi connectivity index (χ1) is 8.95. The van der Waals surface area contributed by atoms with Crippen LogP contribution in [0.2, 0.25) is 0 Å². The molecule has 0 amide bonds. The minimum absolute atomic E-state index is 0.327. The molecule has 1 aliphatic heterocycles. The maximum atomic E-state index is 11.5. The van der Waals surface area contributed by atoms with Gasteiger partial charge >= 0.3 is 0 Å². The highest BCUT2D eigenvalue weighted by atomic mass is 32.2. The fourth-order valence-corrected chi connectivity index (χ4v) is 3.93. The van der Waals surface area contributed by atoms with E-state index in [1.807, 2.05) is 0 Å². The van der Waals surface area contributed by atoms with E-state index in [0.717, 1.165) is 38.5 Å². The van der Waals surface area contributed by atoms with Crippen molar-refractivity contribution in [1.29, 1.82) is 0 Å². The van der Waals surface area contributed by atoms with Crippen LogP contribution in [-0.2, 0) is 14.8 Å². The molecule has 0 radical (unpaired) electrons. The molecule has 1 atom stereocenters. The Balaban J connectivity index is 1.74. The number of ether oxygens (including phenoxy) is 1. The van der Waals surface area contributed by atoms with Crippen LogP contribution in [0.1, 0.15) is 38.5 Å². The van der Waals surface area contributed by atoms with E-state index >= 15 is 0 Å². The number of rotatable bonds is 4. The molecule has 0 aromatic carbocycles. The highest BCUT2D eigenvalue weighted by Gasteiger charge is 2.27. The average molecular weight is 290 g/mol. The molecule has 2 rings (SSSR count). The monoisotopic (exact) mass is 290 g/mol. The topological polar surface area (TPSA) is 72.6 Å². The van der Waals surface area contributed by atoms with E-state index in [-0.39, 0.29) is 0 Å². The zero-order valence-corrected chi connectivity index (χ0v) is 12.6. The first kappa shape index (κ1) is 15.2. The van der Waals surface area contributed by atoms with Gasteiger partial charge in [-0.05, 0) is 44.4 Å². The third-order valence-electron chi connectivity index (χ3n) is 4.24. The molecule has 6 heteroatoms. The van der Waals surface area contributed by atoms with E-state index < -0.39 is 10.0 Å². The van der Waals surface area contributed by atoms with Crippen LogP contribution in [0.15, 0.2) is 0 Å². The van der Waals surface area contributed by atoms with Crippen LogP contribution in [0.25, 0.3) is 0 Å². The molecule has 112 valence electrons. The molecule has 1 aliphatic carbocycles. The molecular weight excluding hydrogens is 264 g/mol. The highest BCUT2D eigenvalue weighted by Crippen LogP contribution is 2.23. The molecule has 0 bridgehead atoms. The van der Waals surface area contributed by atoms with E-state index in [1.54, 1.807) is 4.31 Å². The van der Waals surface area contributed by atoms with Gasteiger partial charge in [0.25, 0.3) is 0 Å². The molecule has 19 heavy (non-hydrogen) atoms. The van der Waals surface area contributed by atoms with Gasteiger partial charge in [0.1, 0.15) is 0 Å². The Labute approximate surface area is 116 Å². The lowest BCUT2D eigenvalue weighted by Gasteiger charge is -2.33. The number of hydrogen-bond donors (Lipinski definition) is 1. The maximum Gasteiger partial charge on any atom is 0.211 e. The minimum atomic E-state index is -3.05. The summed E-state index contributed by atoms with van der Waals surface area (Å²) >= 11 is 0. The van der Waals surface area contributed by atoms with E-state index in [2.05, 4.69) is 0 Å². The number of sulfonamides is 1. The number of hydrogen-bond acceptors (Lipinski definition) is 4. The lowest BCUT2D eigenvalue weighted by atomic mass is 9.93. The van der Waals surface area contributed by atoms with Crippen LogP contribution >= 0.6 is 0 Å². The Morgan fingerprint density at radius 2 is 1.89 bits per heavy atom. The molecule has 0 aromatic heterocycles. The van der Waals surface area contributed by atoms with Gasteiger partial charge in [-0.25, -0.2) is 12.7 Å². The van der Waals surface area contributed by atoms with Crippen LogP contribution < -0.4 is 5.73 Å². The fraction of sp³-hybridized carbons (Fsp3) is 1.00. The Hall–Kier alpha value is -0.170. The predicted octanol–water partition coefficient (Wildman–Crippen LogP) is 0.945. The SMILES string of the molecule is CS(=O)(=O)N1CCCC(COC2CCC(N)CC2)C1. The van der Waals surface area contributed by atoms with E-state index in [1.165, 1.54) is 6.26 Å². The second-order valence-corrected chi connectivity index (χ2v) is 7.98. The van der Waals surface area contributed by atoms with Crippen molar-refractivity contribution in [1.82, 2.24) is 4.31 Å². The minimum Gasteiger partial charge on any atom is -0.378 e. The molecule has 2 aliphatic rings. The van der Waals surface area contributed by atoms with Gasteiger partial charge in [0, 0.05) is 19.1 Å². The van der Waals surface area contributed by atoms with Crippen molar-refractivity contribution in [3.8, 4) is 0 Å². The quantitative estimate of drug-likeness (QED) is 0.836. The van der Waals surface area contributed by atoms with Crippen molar-refractivity contribution in [3.63, 3.8) is 0 Å². The molecule has 1 saturated carbocycles. The normalized spacial score (nSPS) is 34.3. The largest absolute Gasteiger partial charge is 0.378 e. The maximum absolute atomic E-state index is 11.5. The summed E-state index contributed by atoms with van der Waals surface area (Å²) < 4.78 is 30.6. The summed E-state index contributed by atoms with van der Waals surface area (Å²) in [4.78, 5) is 0. The number of nitrogens with two attached hydrogens (primary N) is 1. The lowest BCUT2D eigenvalue weighted by Crippen LogP contribution is -2.41. The molecule has 1 heterocycles. The standard InChI is InChI=1S/C13H26N2O3S/c1-19(16,17)15-8-2-3-11(9-15)10-18-13-6-4-12(14)5-7-13/h11-13H,2-10,14H2,1H3. The van der Waals surface area contributed by atoms with Crippen LogP contribution in [0.5, 0.6) is 0 Å². The summed E-state index contributed by atoms with van der Waals surface area (Å²) in [7, 11) is -3.05. The fourth-order valence-electron chi connectivity index (χ4n) is 2.99. The molecule has 2 fully saturated rings. The summed E-state index contributed by atoms with van der Waals surface area (Å²) in [5, 5.41) is 0. The van der Waals surface area contributed by atoms with Gasteiger partial charge in [-0.1, -0.05) is 0 Å². The van der Waals surface area contributed by atoms with Crippen LogP contribution in [0.3, 0.4) is 0 Å². The van der Waals surface area contributed by atoms with E-state index in [9.17, 15) is 8.42 Å². The number of piperidine rings is 1. The van der Waals surface area contributed by atoms with Crippen molar-refractivity contribution in [2.45, 2.75) is 50.7 Å². The Morgan fingerprint density at radius 1 is 1.21 bits per heavy atom.